The third-order valence-electron chi connectivity index (χ3n) is 4.11. The van der Waals surface area contributed by atoms with Gasteiger partial charge in [0.2, 0.25) is 11.7 Å². The first kappa shape index (κ1) is 12.1. The summed E-state index contributed by atoms with van der Waals surface area (Å²) in [5, 5.41) is 4.08. The SMILES string of the molecule is COC1(c2noc(C3(N)CCOC3)n2)CCCC1. The molecule has 0 aromatic carbocycles. The van der Waals surface area contributed by atoms with Gasteiger partial charge in [-0.15, -0.1) is 0 Å². The first-order chi connectivity index (χ1) is 8.69. The molecule has 1 aromatic rings. The van der Waals surface area contributed by atoms with Crippen LogP contribution in [0.5, 0.6) is 0 Å². The monoisotopic (exact) mass is 253 g/mol. The molecule has 1 saturated carbocycles. The molecule has 2 heterocycles. The van der Waals surface area contributed by atoms with Crippen molar-refractivity contribution in [3.8, 4) is 0 Å². The number of methoxy groups -OCH3 is 1. The first-order valence-corrected chi connectivity index (χ1v) is 6.45. The van der Waals surface area contributed by atoms with E-state index in [9.17, 15) is 0 Å². The van der Waals surface area contributed by atoms with Crippen molar-refractivity contribution in [2.45, 2.75) is 43.2 Å². The van der Waals surface area contributed by atoms with Crippen LogP contribution in [-0.4, -0.2) is 30.5 Å². The molecule has 1 aromatic heterocycles. The van der Waals surface area contributed by atoms with Gasteiger partial charge in [0.1, 0.15) is 11.1 Å². The Labute approximate surface area is 106 Å². The van der Waals surface area contributed by atoms with Crippen molar-refractivity contribution >= 4 is 0 Å². The second-order valence-electron chi connectivity index (χ2n) is 5.29. The summed E-state index contributed by atoms with van der Waals surface area (Å²) in [6.07, 6.45) is 4.87. The van der Waals surface area contributed by atoms with Gasteiger partial charge in [-0.25, -0.2) is 0 Å². The van der Waals surface area contributed by atoms with Crippen molar-refractivity contribution in [3.63, 3.8) is 0 Å². The van der Waals surface area contributed by atoms with E-state index in [0.29, 0.717) is 31.3 Å². The Hall–Kier alpha value is -0.980. The normalized spacial score (nSPS) is 31.0. The molecule has 1 atom stereocenters. The van der Waals surface area contributed by atoms with Crippen LogP contribution in [0.3, 0.4) is 0 Å². The van der Waals surface area contributed by atoms with Gasteiger partial charge in [-0.2, -0.15) is 4.98 Å². The number of rotatable bonds is 3. The average Bonchev–Trinajstić information content (AvgIpc) is 3.09. The minimum atomic E-state index is -0.626. The lowest BCUT2D eigenvalue weighted by molar-refractivity contribution is -0.0178. The predicted octanol–water partition coefficient (Wildman–Crippen LogP) is 1.06. The molecule has 0 amide bonds. The molecule has 1 aliphatic carbocycles. The quantitative estimate of drug-likeness (QED) is 0.867. The lowest BCUT2D eigenvalue weighted by Gasteiger charge is -2.23. The van der Waals surface area contributed by atoms with Crippen LogP contribution in [0.1, 0.15) is 43.8 Å². The van der Waals surface area contributed by atoms with E-state index in [1.807, 2.05) is 0 Å². The molecule has 2 N–H and O–H groups in total. The summed E-state index contributed by atoms with van der Waals surface area (Å²) < 4.78 is 16.3. The molecule has 6 nitrogen and oxygen atoms in total. The van der Waals surface area contributed by atoms with Gasteiger partial charge < -0.3 is 19.7 Å². The molecule has 2 fully saturated rings. The first-order valence-electron chi connectivity index (χ1n) is 6.45. The summed E-state index contributed by atoms with van der Waals surface area (Å²) in [5.41, 5.74) is 5.21. The highest BCUT2D eigenvalue weighted by Gasteiger charge is 2.43. The summed E-state index contributed by atoms with van der Waals surface area (Å²) in [5.74, 6) is 1.10. The molecule has 18 heavy (non-hydrogen) atoms. The smallest absolute Gasteiger partial charge is 0.249 e. The summed E-state index contributed by atoms with van der Waals surface area (Å²) in [4.78, 5) is 4.48. The van der Waals surface area contributed by atoms with Crippen LogP contribution in [0.25, 0.3) is 0 Å². The summed E-state index contributed by atoms with van der Waals surface area (Å²) in [6, 6.07) is 0. The van der Waals surface area contributed by atoms with E-state index < -0.39 is 5.54 Å². The fourth-order valence-corrected chi connectivity index (χ4v) is 2.83. The Morgan fingerprint density at radius 1 is 1.28 bits per heavy atom. The van der Waals surface area contributed by atoms with Crippen LogP contribution < -0.4 is 5.73 Å². The maximum atomic E-state index is 6.21. The molecular formula is C12H19N3O3. The average molecular weight is 253 g/mol. The van der Waals surface area contributed by atoms with Crippen molar-refractivity contribution in [2.24, 2.45) is 5.73 Å². The third-order valence-corrected chi connectivity index (χ3v) is 4.11. The number of nitrogens with zero attached hydrogens (tertiary/aromatic N) is 2. The van der Waals surface area contributed by atoms with Gasteiger partial charge >= 0.3 is 0 Å². The van der Waals surface area contributed by atoms with Crippen molar-refractivity contribution in [3.05, 3.63) is 11.7 Å². The Morgan fingerprint density at radius 3 is 2.67 bits per heavy atom. The molecule has 0 spiro atoms. The van der Waals surface area contributed by atoms with E-state index in [1.54, 1.807) is 7.11 Å². The molecule has 2 aliphatic rings. The molecule has 0 bridgehead atoms. The highest BCUT2D eigenvalue weighted by molar-refractivity contribution is 5.10. The van der Waals surface area contributed by atoms with Gasteiger partial charge in [0.25, 0.3) is 0 Å². The molecule has 1 unspecified atom stereocenters. The number of nitrogens with two attached hydrogens (primary N) is 1. The molecule has 1 aliphatic heterocycles. The van der Waals surface area contributed by atoms with Crippen LogP contribution in [0, 0.1) is 0 Å². The minimum absolute atomic E-state index is 0.377. The minimum Gasteiger partial charge on any atom is -0.379 e. The van der Waals surface area contributed by atoms with Crippen LogP contribution in [0.4, 0.5) is 0 Å². The zero-order valence-electron chi connectivity index (χ0n) is 10.6. The van der Waals surface area contributed by atoms with E-state index >= 15 is 0 Å². The summed E-state index contributed by atoms with van der Waals surface area (Å²) in [7, 11) is 1.71. The van der Waals surface area contributed by atoms with Crippen LogP contribution in [0.2, 0.25) is 0 Å². The van der Waals surface area contributed by atoms with E-state index in [4.69, 9.17) is 19.7 Å². The van der Waals surface area contributed by atoms with Crippen molar-refractivity contribution < 1.29 is 14.0 Å². The van der Waals surface area contributed by atoms with Crippen LogP contribution >= 0.6 is 0 Å². The largest absolute Gasteiger partial charge is 0.379 e. The third kappa shape index (κ3) is 1.75. The molecule has 0 radical (unpaired) electrons. The van der Waals surface area contributed by atoms with Gasteiger partial charge in [-0.1, -0.05) is 5.16 Å². The molecular weight excluding hydrogens is 234 g/mol. The van der Waals surface area contributed by atoms with E-state index in [1.165, 1.54) is 0 Å². The van der Waals surface area contributed by atoms with Gasteiger partial charge in [0, 0.05) is 13.7 Å². The fourth-order valence-electron chi connectivity index (χ4n) is 2.83. The summed E-state index contributed by atoms with van der Waals surface area (Å²) in [6.45, 7) is 1.08. The van der Waals surface area contributed by atoms with Crippen molar-refractivity contribution in [1.29, 1.82) is 0 Å². The highest BCUT2D eigenvalue weighted by atomic mass is 16.5. The maximum Gasteiger partial charge on any atom is 0.249 e. The topological polar surface area (TPSA) is 83.4 Å². The Morgan fingerprint density at radius 2 is 2.06 bits per heavy atom. The standard InChI is InChI=1S/C12H19N3O3/c1-16-12(4-2-3-5-12)9-14-10(18-15-9)11(13)6-7-17-8-11/h2-8,13H2,1H3. The molecule has 6 heteroatoms. The summed E-state index contributed by atoms with van der Waals surface area (Å²) >= 11 is 0. The second kappa shape index (κ2) is 4.29. The Kier molecular flexibility index (Phi) is 2.88. The number of hydrogen-bond acceptors (Lipinski definition) is 6. The van der Waals surface area contributed by atoms with Gasteiger partial charge in [-0.05, 0) is 32.1 Å². The number of aromatic nitrogens is 2. The maximum absolute atomic E-state index is 6.21. The van der Waals surface area contributed by atoms with Crippen molar-refractivity contribution in [1.82, 2.24) is 10.1 Å². The van der Waals surface area contributed by atoms with Crippen LogP contribution in [-0.2, 0) is 20.6 Å². The van der Waals surface area contributed by atoms with E-state index in [-0.39, 0.29) is 5.60 Å². The Bertz CT molecular complexity index is 420. The number of ether oxygens (including phenoxy) is 2. The van der Waals surface area contributed by atoms with Gasteiger partial charge in [-0.3, -0.25) is 0 Å². The fraction of sp³-hybridized carbons (Fsp3) is 0.833. The highest BCUT2D eigenvalue weighted by Crippen LogP contribution is 2.40. The lowest BCUT2D eigenvalue weighted by atomic mass is 9.99. The Balaban J connectivity index is 1.89. The second-order valence-corrected chi connectivity index (χ2v) is 5.29. The molecule has 1 saturated heterocycles. The van der Waals surface area contributed by atoms with E-state index in [2.05, 4.69) is 10.1 Å². The van der Waals surface area contributed by atoms with Crippen LogP contribution in [0.15, 0.2) is 4.52 Å². The molecule has 100 valence electrons. The number of hydrogen-bond donors (Lipinski definition) is 1. The zero-order valence-corrected chi connectivity index (χ0v) is 10.6. The van der Waals surface area contributed by atoms with Gasteiger partial charge in [0.15, 0.2) is 0 Å². The lowest BCUT2D eigenvalue weighted by Crippen LogP contribution is -2.37. The zero-order chi connectivity index (χ0) is 12.6. The predicted molar refractivity (Wildman–Crippen MR) is 62.8 cm³/mol. The molecule has 3 rings (SSSR count). The van der Waals surface area contributed by atoms with Gasteiger partial charge in [0.05, 0.1) is 6.61 Å². The van der Waals surface area contributed by atoms with Crippen molar-refractivity contribution in [2.75, 3.05) is 20.3 Å². The van der Waals surface area contributed by atoms with E-state index in [0.717, 1.165) is 25.7 Å².